The minimum Gasteiger partial charge on any atom is -0.271 e. The second-order valence-corrected chi connectivity index (χ2v) is 3.45. The van der Waals surface area contributed by atoms with Crippen LogP contribution in [0.1, 0.15) is 17.2 Å². The Bertz CT molecular complexity index is 504. The molecule has 1 unspecified atom stereocenters. The predicted octanol–water partition coefficient (Wildman–Crippen LogP) is 1.31. The summed E-state index contributed by atoms with van der Waals surface area (Å²) >= 11 is 0. The van der Waals surface area contributed by atoms with Gasteiger partial charge in [-0.2, -0.15) is 10.2 Å². The molecule has 0 spiro atoms. The molecule has 0 bridgehead atoms. The highest BCUT2D eigenvalue weighted by molar-refractivity contribution is 5.29. The maximum absolute atomic E-state index is 13.1. The Labute approximate surface area is 96.5 Å². The molecular formula is C11H10F2N4. The lowest BCUT2D eigenvalue weighted by atomic mass is 10.0. The summed E-state index contributed by atoms with van der Waals surface area (Å²) in [5, 5.41) is 7.34. The molecule has 1 heterocycles. The van der Waals surface area contributed by atoms with Crippen LogP contribution in [-0.4, -0.2) is 10.2 Å². The van der Waals surface area contributed by atoms with Gasteiger partial charge in [-0.1, -0.05) is 6.07 Å². The van der Waals surface area contributed by atoms with Crippen molar-refractivity contribution in [3.05, 3.63) is 59.4 Å². The average Bonchev–Trinajstić information content (AvgIpc) is 2.36. The molecule has 0 amide bonds. The van der Waals surface area contributed by atoms with Crippen molar-refractivity contribution in [2.45, 2.75) is 6.04 Å². The van der Waals surface area contributed by atoms with Gasteiger partial charge in [0, 0.05) is 6.20 Å². The van der Waals surface area contributed by atoms with Crippen LogP contribution in [0, 0.1) is 11.6 Å². The fourth-order valence-corrected chi connectivity index (χ4v) is 1.55. The smallest absolute Gasteiger partial charge is 0.159 e. The molecule has 88 valence electrons. The fraction of sp³-hybridized carbons (Fsp3) is 0.0909. The van der Waals surface area contributed by atoms with E-state index in [-0.39, 0.29) is 0 Å². The number of nitrogens with two attached hydrogens (primary N) is 1. The van der Waals surface area contributed by atoms with E-state index in [1.165, 1.54) is 18.5 Å². The standard InChI is InChI=1S/C11H10F2N4/c12-9-2-1-7(5-10(9)13)11(17-14)8-3-4-15-16-6-8/h1-6,11,17H,14H2. The van der Waals surface area contributed by atoms with E-state index in [1.54, 1.807) is 6.07 Å². The van der Waals surface area contributed by atoms with Crippen molar-refractivity contribution < 1.29 is 8.78 Å². The molecule has 0 saturated heterocycles. The van der Waals surface area contributed by atoms with Crippen molar-refractivity contribution in [3.8, 4) is 0 Å². The van der Waals surface area contributed by atoms with Gasteiger partial charge in [-0.15, -0.1) is 0 Å². The molecule has 1 aromatic heterocycles. The lowest BCUT2D eigenvalue weighted by Crippen LogP contribution is -2.29. The summed E-state index contributed by atoms with van der Waals surface area (Å²) in [6, 6.07) is 4.85. The van der Waals surface area contributed by atoms with Crippen LogP contribution in [0.3, 0.4) is 0 Å². The van der Waals surface area contributed by atoms with E-state index in [2.05, 4.69) is 15.6 Å². The normalized spacial score (nSPS) is 12.4. The summed E-state index contributed by atoms with van der Waals surface area (Å²) in [5.41, 5.74) is 3.75. The second kappa shape index (κ2) is 4.94. The SMILES string of the molecule is NNC(c1ccnnc1)c1ccc(F)c(F)c1. The van der Waals surface area contributed by atoms with E-state index < -0.39 is 17.7 Å². The van der Waals surface area contributed by atoms with Crippen molar-refractivity contribution >= 4 is 0 Å². The summed E-state index contributed by atoms with van der Waals surface area (Å²) in [5.74, 6) is 3.61. The van der Waals surface area contributed by atoms with Gasteiger partial charge in [-0.3, -0.25) is 5.84 Å². The summed E-state index contributed by atoms with van der Waals surface area (Å²) in [6.07, 6.45) is 3.01. The Morgan fingerprint density at radius 1 is 1.06 bits per heavy atom. The minimum atomic E-state index is -0.912. The Morgan fingerprint density at radius 2 is 1.88 bits per heavy atom. The monoisotopic (exact) mass is 236 g/mol. The van der Waals surface area contributed by atoms with Gasteiger partial charge < -0.3 is 0 Å². The molecule has 3 N–H and O–H groups in total. The lowest BCUT2D eigenvalue weighted by Gasteiger charge is -2.16. The third-order valence-electron chi connectivity index (χ3n) is 2.38. The van der Waals surface area contributed by atoms with Crippen LogP contribution in [-0.2, 0) is 0 Å². The van der Waals surface area contributed by atoms with E-state index >= 15 is 0 Å². The van der Waals surface area contributed by atoms with E-state index in [1.807, 2.05) is 0 Å². The van der Waals surface area contributed by atoms with Gasteiger partial charge >= 0.3 is 0 Å². The number of hydrogen-bond donors (Lipinski definition) is 2. The van der Waals surface area contributed by atoms with Crippen LogP contribution in [0.5, 0.6) is 0 Å². The van der Waals surface area contributed by atoms with Crippen LogP contribution in [0.25, 0.3) is 0 Å². The zero-order chi connectivity index (χ0) is 12.3. The van der Waals surface area contributed by atoms with Crippen LogP contribution >= 0.6 is 0 Å². The number of halogens is 2. The Morgan fingerprint density at radius 3 is 2.47 bits per heavy atom. The summed E-state index contributed by atoms with van der Waals surface area (Å²) < 4.78 is 25.9. The van der Waals surface area contributed by atoms with Crippen LogP contribution in [0.2, 0.25) is 0 Å². The van der Waals surface area contributed by atoms with E-state index in [9.17, 15) is 8.78 Å². The molecular weight excluding hydrogens is 226 g/mol. The molecule has 0 fully saturated rings. The molecule has 0 radical (unpaired) electrons. The van der Waals surface area contributed by atoms with Crippen molar-refractivity contribution in [1.29, 1.82) is 0 Å². The highest BCUT2D eigenvalue weighted by Gasteiger charge is 2.14. The minimum absolute atomic E-state index is 0.458. The molecule has 0 aliphatic carbocycles. The first-order valence-electron chi connectivity index (χ1n) is 4.90. The molecule has 2 rings (SSSR count). The third-order valence-corrected chi connectivity index (χ3v) is 2.38. The first-order valence-corrected chi connectivity index (χ1v) is 4.90. The quantitative estimate of drug-likeness (QED) is 0.623. The van der Waals surface area contributed by atoms with Gasteiger partial charge in [0.1, 0.15) is 0 Å². The Kier molecular flexibility index (Phi) is 3.36. The molecule has 4 nitrogen and oxygen atoms in total. The van der Waals surface area contributed by atoms with E-state index in [4.69, 9.17) is 5.84 Å². The van der Waals surface area contributed by atoms with Gasteiger partial charge in [-0.05, 0) is 29.3 Å². The molecule has 2 aromatic rings. The van der Waals surface area contributed by atoms with Gasteiger partial charge in [0.15, 0.2) is 11.6 Å². The van der Waals surface area contributed by atoms with E-state index in [0.717, 1.165) is 12.1 Å². The molecule has 17 heavy (non-hydrogen) atoms. The number of nitrogens with zero attached hydrogens (tertiary/aromatic N) is 2. The number of nitrogens with one attached hydrogen (secondary N) is 1. The summed E-state index contributed by atoms with van der Waals surface area (Å²) in [4.78, 5) is 0. The van der Waals surface area contributed by atoms with E-state index in [0.29, 0.717) is 11.1 Å². The van der Waals surface area contributed by atoms with Crippen LogP contribution < -0.4 is 11.3 Å². The Balaban J connectivity index is 2.39. The van der Waals surface area contributed by atoms with Crippen molar-refractivity contribution in [1.82, 2.24) is 15.6 Å². The number of aromatic nitrogens is 2. The van der Waals surface area contributed by atoms with Crippen LogP contribution in [0.15, 0.2) is 36.7 Å². The molecule has 1 atom stereocenters. The molecule has 6 heteroatoms. The molecule has 0 aliphatic heterocycles. The zero-order valence-corrected chi connectivity index (χ0v) is 8.77. The Hall–Kier alpha value is -1.92. The first-order chi connectivity index (χ1) is 8.22. The highest BCUT2D eigenvalue weighted by Crippen LogP contribution is 2.21. The lowest BCUT2D eigenvalue weighted by molar-refractivity contribution is 0.504. The van der Waals surface area contributed by atoms with Crippen molar-refractivity contribution in [2.24, 2.45) is 5.84 Å². The maximum Gasteiger partial charge on any atom is 0.159 e. The van der Waals surface area contributed by atoms with Crippen LogP contribution in [0.4, 0.5) is 8.78 Å². The third kappa shape index (κ3) is 2.43. The number of rotatable bonds is 3. The highest BCUT2D eigenvalue weighted by atomic mass is 19.2. The maximum atomic E-state index is 13.1. The topological polar surface area (TPSA) is 63.8 Å². The number of hydrogen-bond acceptors (Lipinski definition) is 4. The summed E-state index contributed by atoms with van der Waals surface area (Å²) in [7, 11) is 0. The van der Waals surface area contributed by atoms with Gasteiger partial charge in [0.2, 0.25) is 0 Å². The fourth-order valence-electron chi connectivity index (χ4n) is 1.55. The molecule has 0 saturated carbocycles. The summed E-state index contributed by atoms with van der Waals surface area (Å²) in [6.45, 7) is 0. The van der Waals surface area contributed by atoms with Gasteiger partial charge in [0.05, 0.1) is 12.2 Å². The second-order valence-electron chi connectivity index (χ2n) is 3.45. The van der Waals surface area contributed by atoms with Crippen molar-refractivity contribution in [2.75, 3.05) is 0 Å². The predicted molar refractivity (Wildman–Crippen MR) is 57.6 cm³/mol. The largest absolute Gasteiger partial charge is 0.271 e. The first kappa shape index (κ1) is 11.6. The average molecular weight is 236 g/mol. The zero-order valence-electron chi connectivity index (χ0n) is 8.77. The van der Waals surface area contributed by atoms with Gasteiger partial charge in [-0.25, -0.2) is 14.2 Å². The van der Waals surface area contributed by atoms with Crippen molar-refractivity contribution in [3.63, 3.8) is 0 Å². The molecule has 1 aromatic carbocycles. The number of hydrazine groups is 1. The molecule has 0 aliphatic rings. The number of benzene rings is 1. The van der Waals surface area contributed by atoms with Gasteiger partial charge in [0.25, 0.3) is 0 Å².